The predicted molar refractivity (Wildman–Crippen MR) is 148 cm³/mol. The molecule has 0 fully saturated rings. The minimum atomic E-state index is -0.388. The maximum absolute atomic E-state index is 15.3. The van der Waals surface area contributed by atoms with Gasteiger partial charge in [0.2, 0.25) is 11.8 Å². The number of aryl methyl sites for hydroxylation is 1. The highest BCUT2D eigenvalue weighted by Gasteiger charge is 2.26. The molecule has 5 rings (SSSR count). The lowest BCUT2D eigenvalue weighted by atomic mass is 10.0. The highest BCUT2D eigenvalue weighted by Crippen LogP contribution is 2.36. The highest BCUT2D eigenvalue weighted by molar-refractivity contribution is 5.93. The molecule has 1 atom stereocenters. The Bertz CT molecular complexity index is 1500. The molecule has 39 heavy (non-hydrogen) atoms. The SMILES string of the molecule is CC(C)Oc1nn(CCO)c2c1/C=C/c1n[nH]c3cc(F)c(cc13)-c1cnn(C)c1OC[C@@H](C)N(C(C)C)C2. The predicted octanol–water partition coefficient (Wildman–Crippen LogP) is 4.24. The van der Waals surface area contributed by atoms with Crippen LogP contribution in [0.3, 0.4) is 0 Å². The molecule has 0 aliphatic carbocycles. The first-order valence-electron chi connectivity index (χ1n) is 13.3. The summed E-state index contributed by atoms with van der Waals surface area (Å²) in [6.45, 7) is 11.5. The number of ether oxygens (including phenoxy) is 2. The summed E-state index contributed by atoms with van der Waals surface area (Å²) < 4.78 is 31.2. The summed E-state index contributed by atoms with van der Waals surface area (Å²) in [4.78, 5) is 2.31. The fraction of sp³-hybridized carbons (Fsp3) is 0.464. The van der Waals surface area contributed by atoms with E-state index in [9.17, 15) is 5.11 Å². The Morgan fingerprint density at radius 3 is 2.72 bits per heavy atom. The average Bonchev–Trinajstić information content (AvgIpc) is 3.53. The molecule has 1 aliphatic heterocycles. The number of nitrogens with zero attached hydrogens (tertiary/aromatic N) is 6. The lowest BCUT2D eigenvalue weighted by molar-refractivity contribution is 0.102. The monoisotopic (exact) mass is 537 g/mol. The van der Waals surface area contributed by atoms with Crippen molar-refractivity contribution in [3.8, 4) is 22.9 Å². The molecule has 3 aromatic heterocycles. The number of rotatable bonds is 5. The fourth-order valence-electron chi connectivity index (χ4n) is 5.06. The summed E-state index contributed by atoms with van der Waals surface area (Å²) >= 11 is 0. The van der Waals surface area contributed by atoms with E-state index in [0.717, 1.165) is 16.6 Å². The van der Waals surface area contributed by atoms with Gasteiger partial charge in [-0.1, -0.05) is 0 Å². The first kappa shape index (κ1) is 26.9. The van der Waals surface area contributed by atoms with E-state index in [1.54, 1.807) is 24.0 Å². The van der Waals surface area contributed by atoms with Gasteiger partial charge in [0.25, 0.3) is 0 Å². The number of H-pyrrole nitrogens is 1. The molecule has 2 bridgehead atoms. The molecule has 10 nitrogen and oxygen atoms in total. The highest BCUT2D eigenvalue weighted by atomic mass is 19.1. The molecule has 0 saturated carbocycles. The van der Waals surface area contributed by atoms with Gasteiger partial charge in [-0.15, -0.1) is 5.10 Å². The maximum Gasteiger partial charge on any atom is 0.240 e. The Labute approximate surface area is 227 Å². The van der Waals surface area contributed by atoms with Crippen LogP contribution >= 0.6 is 0 Å². The van der Waals surface area contributed by atoms with Crippen molar-refractivity contribution in [3.63, 3.8) is 0 Å². The molecule has 2 N–H and O–H groups in total. The van der Waals surface area contributed by atoms with E-state index in [4.69, 9.17) is 14.6 Å². The second-order valence-corrected chi connectivity index (χ2v) is 10.5. The number of fused-ring (bicyclic) bond motifs is 4. The number of nitrogens with one attached hydrogen (secondary N) is 1. The number of aromatic amines is 1. The molecule has 208 valence electrons. The lowest BCUT2D eigenvalue weighted by Gasteiger charge is -2.33. The summed E-state index contributed by atoms with van der Waals surface area (Å²) in [6.07, 6.45) is 5.38. The molecule has 11 heteroatoms. The third-order valence-corrected chi connectivity index (χ3v) is 7.01. The van der Waals surface area contributed by atoms with Crippen molar-refractivity contribution in [2.45, 2.75) is 65.9 Å². The Hall–Kier alpha value is -3.70. The standard InChI is InChI=1S/C28H36FN7O3/c1-16(2)35-14-26-19(27(39-17(3)4)33-36(26)9-10-37)7-8-24-21-11-20(23(29)12-25(21)32-31-24)22-13-30-34(6)28(22)38-15-18(35)5/h7-8,11-13,16-18,37H,9-10,14-15H2,1-6H3,(H,31,32)/b8-7+/t18-/m1/s1. The Morgan fingerprint density at radius 1 is 1.21 bits per heavy atom. The fourth-order valence-corrected chi connectivity index (χ4v) is 5.06. The Balaban J connectivity index is 1.74. The van der Waals surface area contributed by atoms with E-state index in [-0.39, 0.29) is 30.6 Å². The van der Waals surface area contributed by atoms with Gasteiger partial charge in [-0.3, -0.25) is 14.7 Å². The van der Waals surface area contributed by atoms with Crippen LogP contribution in [-0.4, -0.2) is 71.2 Å². The molecular formula is C28H36FN7O3. The number of benzene rings is 1. The second-order valence-electron chi connectivity index (χ2n) is 10.5. The second kappa shape index (κ2) is 10.8. The quantitative estimate of drug-likeness (QED) is 0.392. The largest absolute Gasteiger partial charge is 0.476 e. The van der Waals surface area contributed by atoms with Gasteiger partial charge in [0.15, 0.2) is 0 Å². The number of aliphatic hydroxyl groups excluding tert-OH is 1. The van der Waals surface area contributed by atoms with Gasteiger partial charge in [0.1, 0.15) is 12.4 Å². The van der Waals surface area contributed by atoms with Gasteiger partial charge in [-0.05, 0) is 52.8 Å². The van der Waals surface area contributed by atoms with Gasteiger partial charge >= 0.3 is 0 Å². The zero-order valence-electron chi connectivity index (χ0n) is 23.3. The minimum absolute atomic E-state index is 0.00959. The first-order valence-corrected chi connectivity index (χ1v) is 13.3. The maximum atomic E-state index is 15.3. The number of halogens is 1. The topological polar surface area (TPSA) is 106 Å². The van der Waals surface area contributed by atoms with Gasteiger partial charge in [0, 0.05) is 42.7 Å². The lowest BCUT2D eigenvalue weighted by Crippen LogP contribution is -2.42. The van der Waals surface area contributed by atoms with Crippen LogP contribution in [0.5, 0.6) is 11.8 Å². The van der Waals surface area contributed by atoms with Crippen LogP contribution in [0.25, 0.3) is 34.2 Å². The van der Waals surface area contributed by atoms with Gasteiger partial charge < -0.3 is 14.6 Å². The summed E-state index contributed by atoms with van der Waals surface area (Å²) in [5, 5.41) is 27.1. The van der Waals surface area contributed by atoms with Crippen molar-refractivity contribution in [3.05, 3.63) is 41.1 Å². The van der Waals surface area contributed by atoms with Crippen LogP contribution in [0.2, 0.25) is 0 Å². The normalized spacial score (nSPS) is 17.2. The number of aromatic nitrogens is 6. The van der Waals surface area contributed by atoms with Gasteiger partial charge in [-0.2, -0.15) is 10.2 Å². The zero-order valence-corrected chi connectivity index (χ0v) is 23.3. The summed E-state index contributed by atoms with van der Waals surface area (Å²) in [5.74, 6) is 0.602. The van der Waals surface area contributed by atoms with E-state index < -0.39 is 0 Å². The van der Waals surface area contributed by atoms with Crippen molar-refractivity contribution in [2.75, 3.05) is 13.2 Å². The average molecular weight is 538 g/mol. The van der Waals surface area contributed by atoms with E-state index in [2.05, 4.69) is 41.0 Å². The minimum Gasteiger partial charge on any atom is -0.476 e. The summed E-state index contributed by atoms with van der Waals surface area (Å²) in [6, 6.07) is 3.39. The first-order chi connectivity index (χ1) is 18.7. The van der Waals surface area contributed by atoms with Crippen molar-refractivity contribution >= 4 is 23.1 Å². The molecule has 0 spiro atoms. The van der Waals surface area contributed by atoms with Gasteiger partial charge in [-0.25, -0.2) is 9.07 Å². The van der Waals surface area contributed by atoms with Crippen LogP contribution in [0, 0.1) is 5.82 Å². The molecular weight excluding hydrogens is 501 g/mol. The summed E-state index contributed by atoms with van der Waals surface area (Å²) in [5.41, 5.74) is 3.95. The van der Waals surface area contributed by atoms with E-state index in [0.29, 0.717) is 53.8 Å². The zero-order chi connectivity index (χ0) is 27.8. The van der Waals surface area contributed by atoms with Crippen molar-refractivity contribution in [1.82, 2.24) is 34.7 Å². The van der Waals surface area contributed by atoms with Crippen molar-refractivity contribution < 1.29 is 19.0 Å². The van der Waals surface area contributed by atoms with Crippen molar-refractivity contribution in [2.24, 2.45) is 7.05 Å². The third kappa shape index (κ3) is 5.16. The molecule has 0 saturated heterocycles. The number of hydrogen-bond acceptors (Lipinski definition) is 7. The molecule has 4 heterocycles. The number of hydrogen-bond donors (Lipinski definition) is 2. The van der Waals surface area contributed by atoms with Gasteiger partial charge in [0.05, 0.1) is 53.5 Å². The van der Waals surface area contributed by atoms with Crippen LogP contribution in [0.1, 0.15) is 51.6 Å². The number of aliphatic hydroxyl groups is 1. The summed E-state index contributed by atoms with van der Waals surface area (Å²) in [7, 11) is 1.79. The molecule has 1 aliphatic rings. The molecule has 0 amide bonds. The van der Waals surface area contributed by atoms with Crippen LogP contribution < -0.4 is 9.47 Å². The molecule has 0 radical (unpaired) electrons. The van der Waals surface area contributed by atoms with E-state index in [1.165, 1.54) is 6.07 Å². The molecule has 1 aromatic carbocycles. The Morgan fingerprint density at radius 2 is 2.00 bits per heavy atom. The van der Waals surface area contributed by atoms with Crippen LogP contribution in [0.15, 0.2) is 18.3 Å². The smallest absolute Gasteiger partial charge is 0.240 e. The Kier molecular flexibility index (Phi) is 7.46. The van der Waals surface area contributed by atoms with E-state index in [1.807, 2.05) is 30.7 Å². The molecule has 4 aromatic rings. The van der Waals surface area contributed by atoms with Crippen molar-refractivity contribution in [1.29, 1.82) is 0 Å². The van der Waals surface area contributed by atoms with E-state index >= 15 is 4.39 Å². The third-order valence-electron chi connectivity index (χ3n) is 7.01. The van der Waals surface area contributed by atoms with Crippen LogP contribution in [0.4, 0.5) is 4.39 Å². The van der Waals surface area contributed by atoms with Crippen LogP contribution in [-0.2, 0) is 20.1 Å². The molecule has 0 unspecified atom stereocenters.